The summed E-state index contributed by atoms with van der Waals surface area (Å²) in [6.07, 6.45) is 8.35. The Hall–Kier alpha value is -2.48. The van der Waals surface area contributed by atoms with Gasteiger partial charge in [-0.05, 0) is 55.7 Å². The summed E-state index contributed by atoms with van der Waals surface area (Å²) in [6, 6.07) is 12.8. The lowest BCUT2D eigenvalue weighted by molar-refractivity contribution is -0.122. The maximum Gasteiger partial charge on any atom is 0.227 e. The smallest absolute Gasteiger partial charge is 0.227 e. The molecule has 35 heavy (non-hydrogen) atoms. The number of hydrogen-bond donors (Lipinski definition) is 1. The third kappa shape index (κ3) is 4.82. The van der Waals surface area contributed by atoms with Crippen LogP contribution in [0.25, 0.3) is 10.2 Å². The maximum absolute atomic E-state index is 13.2. The number of nitrogens with zero attached hydrogens (tertiary/aromatic N) is 2. The molecule has 3 aliphatic rings. The zero-order valence-electron chi connectivity index (χ0n) is 20.1. The molecule has 1 saturated carbocycles. The number of amides is 1. The summed E-state index contributed by atoms with van der Waals surface area (Å²) in [7, 11) is 0. The second kappa shape index (κ2) is 10.2. The third-order valence-corrected chi connectivity index (χ3v) is 8.97. The molecule has 2 aliphatic carbocycles. The number of fused-ring (bicyclic) bond motifs is 3. The molecule has 2 aromatic heterocycles. The van der Waals surface area contributed by atoms with Crippen LogP contribution in [0.4, 0.5) is 0 Å². The van der Waals surface area contributed by atoms with Gasteiger partial charge in [-0.3, -0.25) is 9.69 Å². The van der Waals surface area contributed by atoms with Crippen LogP contribution in [0.1, 0.15) is 54.0 Å². The van der Waals surface area contributed by atoms with Crippen molar-refractivity contribution in [3.05, 3.63) is 58.6 Å². The number of carbonyl (C=O) groups is 1. The molecule has 6 nitrogen and oxygen atoms in total. The van der Waals surface area contributed by atoms with Gasteiger partial charge in [0.15, 0.2) is 0 Å². The quantitative estimate of drug-likeness (QED) is 0.543. The first-order valence-corrected chi connectivity index (χ1v) is 13.8. The van der Waals surface area contributed by atoms with Crippen LogP contribution in [0, 0.1) is 0 Å². The van der Waals surface area contributed by atoms with Gasteiger partial charge in [0.25, 0.3) is 0 Å². The van der Waals surface area contributed by atoms with Crippen molar-refractivity contribution in [3.63, 3.8) is 0 Å². The molecule has 7 heteroatoms. The first-order valence-electron chi connectivity index (χ1n) is 13.0. The van der Waals surface area contributed by atoms with Gasteiger partial charge >= 0.3 is 0 Å². The Bertz CT molecular complexity index is 1170. The highest BCUT2D eigenvalue weighted by molar-refractivity contribution is 7.19. The van der Waals surface area contributed by atoms with E-state index in [1.54, 1.807) is 11.3 Å². The summed E-state index contributed by atoms with van der Waals surface area (Å²) in [5.74, 6) is 0.879. The fourth-order valence-electron chi connectivity index (χ4n) is 5.96. The molecular weight excluding hydrogens is 458 g/mol. The summed E-state index contributed by atoms with van der Waals surface area (Å²) < 4.78 is 12.2. The van der Waals surface area contributed by atoms with Crippen molar-refractivity contribution in [2.45, 2.75) is 63.1 Å². The van der Waals surface area contributed by atoms with Crippen molar-refractivity contribution < 1.29 is 14.3 Å². The Morgan fingerprint density at radius 1 is 1.09 bits per heavy atom. The van der Waals surface area contributed by atoms with E-state index in [-0.39, 0.29) is 17.9 Å². The van der Waals surface area contributed by atoms with E-state index in [0.29, 0.717) is 12.6 Å². The predicted octanol–water partition coefficient (Wildman–Crippen LogP) is 4.66. The van der Waals surface area contributed by atoms with Crippen LogP contribution in [0.15, 0.2) is 42.6 Å². The second-order valence-corrected chi connectivity index (χ2v) is 11.0. The molecular formula is C28H33N3O3S. The SMILES string of the molecule is O=C(NCc1ccccc1)[C@H]1CCc2sc3nccc(OC4CCC(N5CCOCC5)CC4)c3c21. The zero-order chi connectivity index (χ0) is 23.6. The summed E-state index contributed by atoms with van der Waals surface area (Å²) in [4.78, 5) is 22.8. The van der Waals surface area contributed by atoms with Gasteiger partial charge in [-0.1, -0.05) is 30.3 Å². The Morgan fingerprint density at radius 3 is 2.69 bits per heavy atom. The van der Waals surface area contributed by atoms with Crippen molar-refractivity contribution in [3.8, 4) is 5.75 Å². The van der Waals surface area contributed by atoms with Gasteiger partial charge in [-0.2, -0.15) is 0 Å². The van der Waals surface area contributed by atoms with Gasteiger partial charge in [-0.25, -0.2) is 4.98 Å². The Kier molecular flexibility index (Phi) is 6.72. The van der Waals surface area contributed by atoms with E-state index in [2.05, 4.69) is 15.2 Å². The van der Waals surface area contributed by atoms with Crippen LogP contribution in [0.3, 0.4) is 0 Å². The van der Waals surface area contributed by atoms with E-state index in [0.717, 1.165) is 79.1 Å². The number of thiophene rings is 1. The number of rotatable bonds is 6. The molecule has 2 fully saturated rings. The average Bonchev–Trinajstić information content (AvgIpc) is 3.49. The summed E-state index contributed by atoms with van der Waals surface area (Å²) in [6.45, 7) is 4.37. The minimum atomic E-state index is -0.133. The average molecular weight is 492 g/mol. The molecule has 1 saturated heterocycles. The summed E-state index contributed by atoms with van der Waals surface area (Å²) >= 11 is 1.73. The molecule has 0 unspecified atom stereocenters. The number of hydrogen-bond acceptors (Lipinski definition) is 6. The van der Waals surface area contributed by atoms with Crippen LogP contribution in [0.5, 0.6) is 5.75 Å². The predicted molar refractivity (Wildman–Crippen MR) is 138 cm³/mol. The number of morpholine rings is 1. The van der Waals surface area contributed by atoms with Gasteiger partial charge in [0.05, 0.1) is 30.6 Å². The van der Waals surface area contributed by atoms with Crippen LogP contribution in [-0.2, 0) is 22.5 Å². The first-order chi connectivity index (χ1) is 17.3. The molecule has 1 aromatic carbocycles. The van der Waals surface area contributed by atoms with Gasteiger partial charge in [-0.15, -0.1) is 11.3 Å². The number of benzene rings is 1. The van der Waals surface area contributed by atoms with Crippen LogP contribution in [0.2, 0.25) is 0 Å². The normalized spacial score (nSPS) is 24.9. The fraction of sp³-hybridized carbons (Fsp3) is 0.500. The molecule has 1 N–H and O–H groups in total. The minimum Gasteiger partial charge on any atom is -0.490 e. The standard InChI is InChI=1S/C28H33N3O3S/c32-27(30-18-19-4-2-1-3-5-19)22-10-11-24-25(22)26-23(12-13-29-28(26)35-24)34-21-8-6-20(7-9-21)31-14-16-33-17-15-31/h1-5,12-13,20-22H,6-11,14-18H2,(H,30,32)/t20?,21?,22-/m0/s1. The Labute approximate surface area is 210 Å². The number of aromatic nitrogens is 1. The lowest BCUT2D eigenvalue weighted by Crippen LogP contribution is -2.46. The van der Waals surface area contributed by atoms with Crippen LogP contribution in [-0.4, -0.2) is 54.2 Å². The van der Waals surface area contributed by atoms with E-state index in [1.807, 2.05) is 42.6 Å². The molecule has 0 radical (unpaired) electrons. The molecule has 1 aliphatic heterocycles. The summed E-state index contributed by atoms with van der Waals surface area (Å²) in [5.41, 5.74) is 2.27. The molecule has 0 spiro atoms. The van der Waals surface area contributed by atoms with Crippen molar-refractivity contribution in [1.82, 2.24) is 15.2 Å². The van der Waals surface area contributed by atoms with Crippen LogP contribution < -0.4 is 10.1 Å². The molecule has 1 amide bonds. The summed E-state index contributed by atoms with van der Waals surface area (Å²) in [5, 5.41) is 4.23. The van der Waals surface area contributed by atoms with Crippen molar-refractivity contribution >= 4 is 27.5 Å². The number of nitrogens with one attached hydrogen (secondary N) is 1. The van der Waals surface area contributed by atoms with E-state index in [4.69, 9.17) is 9.47 Å². The zero-order valence-corrected chi connectivity index (χ0v) is 20.9. The molecule has 3 heterocycles. The molecule has 184 valence electrons. The Morgan fingerprint density at radius 2 is 1.89 bits per heavy atom. The largest absolute Gasteiger partial charge is 0.490 e. The van der Waals surface area contributed by atoms with Gasteiger partial charge in [0, 0.05) is 36.8 Å². The first kappa shape index (κ1) is 23.0. The van der Waals surface area contributed by atoms with Crippen molar-refractivity contribution in [1.29, 1.82) is 0 Å². The second-order valence-electron chi connectivity index (χ2n) is 9.92. The maximum atomic E-state index is 13.2. The monoisotopic (exact) mass is 491 g/mol. The van der Waals surface area contributed by atoms with E-state index < -0.39 is 0 Å². The fourth-order valence-corrected chi connectivity index (χ4v) is 7.19. The molecule has 6 rings (SSSR count). The van der Waals surface area contributed by atoms with Crippen molar-refractivity contribution in [2.75, 3.05) is 26.3 Å². The number of ether oxygens (including phenoxy) is 2. The van der Waals surface area contributed by atoms with Gasteiger partial charge in [0.2, 0.25) is 5.91 Å². The van der Waals surface area contributed by atoms with Crippen LogP contribution >= 0.6 is 11.3 Å². The van der Waals surface area contributed by atoms with Gasteiger partial charge < -0.3 is 14.8 Å². The van der Waals surface area contributed by atoms with Gasteiger partial charge in [0.1, 0.15) is 10.6 Å². The number of pyridine rings is 1. The molecule has 3 aromatic rings. The minimum absolute atomic E-state index is 0.105. The number of aryl methyl sites for hydroxylation is 1. The van der Waals surface area contributed by atoms with E-state index in [9.17, 15) is 4.79 Å². The Balaban J connectivity index is 1.16. The molecule has 1 atom stereocenters. The highest BCUT2D eigenvalue weighted by Crippen LogP contribution is 2.47. The van der Waals surface area contributed by atoms with E-state index in [1.165, 1.54) is 17.7 Å². The lowest BCUT2D eigenvalue weighted by Gasteiger charge is -2.38. The van der Waals surface area contributed by atoms with E-state index >= 15 is 0 Å². The highest BCUT2D eigenvalue weighted by atomic mass is 32.1. The highest BCUT2D eigenvalue weighted by Gasteiger charge is 2.35. The van der Waals surface area contributed by atoms with Crippen molar-refractivity contribution in [2.24, 2.45) is 0 Å². The molecule has 0 bridgehead atoms. The third-order valence-electron chi connectivity index (χ3n) is 7.80. The topological polar surface area (TPSA) is 63.7 Å². The lowest BCUT2D eigenvalue weighted by atomic mass is 9.91. The number of carbonyl (C=O) groups excluding carboxylic acids is 1.